The second kappa shape index (κ2) is 11.9. The van der Waals surface area contributed by atoms with Crippen LogP contribution in [-0.2, 0) is 0 Å². The van der Waals surface area contributed by atoms with E-state index in [1.165, 1.54) is 57.8 Å². The van der Waals surface area contributed by atoms with E-state index >= 15 is 0 Å². The summed E-state index contributed by atoms with van der Waals surface area (Å²) in [6, 6.07) is 22.4. The SMILES string of the molecule is CCCCC(CCCC(CCCC)c1ccccc1)c1ccccc1. The monoisotopic (exact) mass is 336 g/mol. The first-order chi connectivity index (χ1) is 12.3. The highest BCUT2D eigenvalue weighted by atomic mass is 14.2. The van der Waals surface area contributed by atoms with E-state index in [9.17, 15) is 0 Å². The van der Waals surface area contributed by atoms with Crippen LogP contribution in [0.3, 0.4) is 0 Å². The lowest BCUT2D eigenvalue weighted by Crippen LogP contribution is -2.03. The van der Waals surface area contributed by atoms with E-state index in [2.05, 4.69) is 74.5 Å². The van der Waals surface area contributed by atoms with Gasteiger partial charge in [-0.2, -0.15) is 0 Å². The summed E-state index contributed by atoms with van der Waals surface area (Å²) in [7, 11) is 0. The Morgan fingerprint density at radius 3 is 1.24 bits per heavy atom. The summed E-state index contributed by atoms with van der Waals surface area (Å²) >= 11 is 0. The molecule has 0 spiro atoms. The van der Waals surface area contributed by atoms with Crippen LogP contribution in [-0.4, -0.2) is 0 Å². The quantitative estimate of drug-likeness (QED) is 0.367. The largest absolute Gasteiger partial charge is 0.0654 e. The lowest BCUT2D eigenvalue weighted by Gasteiger charge is -2.21. The minimum absolute atomic E-state index is 0.740. The molecule has 0 amide bonds. The molecule has 0 N–H and O–H groups in total. The Hall–Kier alpha value is -1.56. The van der Waals surface area contributed by atoms with Crippen LogP contribution in [0, 0.1) is 0 Å². The molecule has 0 fully saturated rings. The van der Waals surface area contributed by atoms with Crippen LogP contribution in [0.4, 0.5) is 0 Å². The Morgan fingerprint density at radius 1 is 0.520 bits per heavy atom. The summed E-state index contributed by atoms with van der Waals surface area (Å²) in [5.41, 5.74) is 3.08. The van der Waals surface area contributed by atoms with Crippen molar-refractivity contribution in [1.82, 2.24) is 0 Å². The molecule has 2 rings (SSSR count). The minimum atomic E-state index is 0.740. The molecule has 0 saturated heterocycles. The molecule has 0 heterocycles. The first-order valence-corrected chi connectivity index (χ1v) is 10.4. The molecule has 25 heavy (non-hydrogen) atoms. The van der Waals surface area contributed by atoms with Crippen LogP contribution < -0.4 is 0 Å². The van der Waals surface area contributed by atoms with Gasteiger partial charge in [0.1, 0.15) is 0 Å². The fourth-order valence-electron chi connectivity index (χ4n) is 3.92. The first-order valence-electron chi connectivity index (χ1n) is 10.4. The molecule has 0 heteroatoms. The van der Waals surface area contributed by atoms with Gasteiger partial charge in [0, 0.05) is 0 Å². The molecule has 2 unspecified atom stereocenters. The van der Waals surface area contributed by atoms with Crippen LogP contribution in [0.2, 0.25) is 0 Å². The molecule has 0 aromatic heterocycles. The molecule has 136 valence electrons. The smallest absolute Gasteiger partial charge is 0.0162 e. The van der Waals surface area contributed by atoms with Crippen molar-refractivity contribution in [3.05, 3.63) is 71.8 Å². The van der Waals surface area contributed by atoms with Crippen LogP contribution in [0.1, 0.15) is 94.6 Å². The standard InChI is InChI=1S/C25H36/c1-3-5-14-22(24-16-9-7-10-17-24)20-13-21-23(15-6-4-2)25-18-11-8-12-19-25/h7-12,16-19,22-23H,3-6,13-15,20-21H2,1-2H3. The van der Waals surface area contributed by atoms with Crippen molar-refractivity contribution in [2.45, 2.75) is 83.5 Å². The number of unbranched alkanes of at least 4 members (excludes halogenated alkanes) is 2. The molecule has 0 aliphatic carbocycles. The summed E-state index contributed by atoms with van der Waals surface area (Å²) in [6.07, 6.45) is 12.0. The number of hydrogen-bond donors (Lipinski definition) is 0. The number of rotatable bonds is 12. The Labute approximate surface area is 155 Å². The zero-order valence-corrected chi connectivity index (χ0v) is 16.3. The third kappa shape index (κ3) is 7.06. The highest BCUT2D eigenvalue weighted by Crippen LogP contribution is 2.32. The summed E-state index contributed by atoms with van der Waals surface area (Å²) in [4.78, 5) is 0. The number of hydrogen-bond acceptors (Lipinski definition) is 0. The normalized spacial score (nSPS) is 13.5. The maximum absolute atomic E-state index is 2.33. The Kier molecular flexibility index (Phi) is 9.41. The van der Waals surface area contributed by atoms with Crippen molar-refractivity contribution >= 4 is 0 Å². The molecule has 0 aliphatic rings. The minimum Gasteiger partial charge on any atom is -0.0654 e. The lowest BCUT2D eigenvalue weighted by molar-refractivity contribution is 0.471. The molecule has 0 saturated carbocycles. The van der Waals surface area contributed by atoms with Gasteiger partial charge in [-0.15, -0.1) is 0 Å². The van der Waals surface area contributed by atoms with Crippen molar-refractivity contribution in [2.75, 3.05) is 0 Å². The molecule has 0 nitrogen and oxygen atoms in total. The van der Waals surface area contributed by atoms with Gasteiger partial charge in [-0.25, -0.2) is 0 Å². The third-order valence-electron chi connectivity index (χ3n) is 5.46. The van der Waals surface area contributed by atoms with Crippen LogP contribution in [0.15, 0.2) is 60.7 Å². The van der Waals surface area contributed by atoms with Gasteiger partial charge in [-0.05, 0) is 48.6 Å². The zero-order chi connectivity index (χ0) is 17.7. The summed E-state index contributed by atoms with van der Waals surface area (Å²) < 4.78 is 0. The van der Waals surface area contributed by atoms with Gasteiger partial charge >= 0.3 is 0 Å². The van der Waals surface area contributed by atoms with Crippen molar-refractivity contribution < 1.29 is 0 Å². The molecule has 0 radical (unpaired) electrons. The van der Waals surface area contributed by atoms with Crippen molar-refractivity contribution in [2.24, 2.45) is 0 Å². The van der Waals surface area contributed by atoms with Gasteiger partial charge in [0.2, 0.25) is 0 Å². The van der Waals surface area contributed by atoms with Crippen molar-refractivity contribution in [3.8, 4) is 0 Å². The van der Waals surface area contributed by atoms with Gasteiger partial charge in [-0.3, -0.25) is 0 Å². The highest BCUT2D eigenvalue weighted by molar-refractivity contribution is 5.20. The Bertz CT molecular complexity index is 491. The van der Waals surface area contributed by atoms with Gasteiger partial charge in [0.25, 0.3) is 0 Å². The fourth-order valence-corrected chi connectivity index (χ4v) is 3.92. The van der Waals surface area contributed by atoms with E-state index in [0.717, 1.165) is 11.8 Å². The summed E-state index contributed by atoms with van der Waals surface area (Å²) in [6.45, 7) is 4.61. The topological polar surface area (TPSA) is 0 Å². The highest BCUT2D eigenvalue weighted by Gasteiger charge is 2.14. The van der Waals surface area contributed by atoms with Crippen LogP contribution >= 0.6 is 0 Å². The molecule has 2 atom stereocenters. The molecule has 2 aromatic rings. The fraction of sp³-hybridized carbons (Fsp3) is 0.520. The maximum atomic E-state index is 2.33. The third-order valence-corrected chi connectivity index (χ3v) is 5.46. The van der Waals surface area contributed by atoms with Gasteiger partial charge in [0.05, 0.1) is 0 Å². The second-order valence-corrected chi connectivity index (χ2v) is 7.43. The molecule has 0 aliphatic heterocycles. The second-order valence-electron chi connectivity index (χ2n) is 7.43. The van der Waals surface area contributed by atoms with E-state index in [1.807, 2.05) is 0 Å². The average molecular weight is 337 g/mol. The zero-order valence-electron chi connectivity index (χ0n) is 16.3. The summed E-state index contributed by atoms with van der Waals surface area (Å²) in [5, 5.41) is 0. The van der Waals surface area contributed by atoms with E-state index in [-0.39, 0.29) is 0 Å². The Balaban J connectivity index is 1.93. The van der Waals surface area contributed by atoms with E-state index in [0.29, 0.717) is 0 Å². The van der Waals surface area contributed by atoms with E-state index in [4.69, 9.17) is 0 Å². The van der Waals surface area contributed by atoms with Gasteiger partial charge in [0.15, 0.2) is 0 Å². The predicted molar refractivity (Wildman–Crippen MR) is 111 cm³/mol. The average Bonchev–Trinajstić information content (AvgIpc) is 2.68. The molecular weight excluding hydrogens is 300 g/mol. The first kappa shape index (κ1) is 19.8. The molecule has 0 bridgehead atoms. The van der Waals surface area contributed by atoms with Crippen molar-refractivity contribution in [1.29, 1.82) is 0 Å². The lowest BCUT2D eigenvalue weighted by atomic mass is 9.84. The number of benzene rings is 2. The predicted octanol–water partition coefficient (Wildman–Crippen LogP) is 8.10. The molecule has 2 aromatic carbocycles. The Morgan fingerprint density at radius 2 is 0.880 bits per heavy atom. The maximum Gasteiger partial charge on any atom is -0.0162 e. The van der Waals surface area contributed by atoms with E-state index in [1.54, 1.807) is 11.1 Å². The van der Waals surface area contributed by atoms with E-state index < -0.39 is 0 Å². The van der Waals surface area contributed by atoms with Crippen LogP contribution in [0.25, 0.3) is 0 Å². The summed E-state index contributed by atoms with van der Waals surface area (Å²) in [5.74, 6) is 1.48. The van der Waals surface area contributed by atoms with Crippen LogP contribution in [0.5, 0.6) is 0 Å². The van der Waals surface area contributed by atoms with Gasteiger partial charge in [-0.1, -0.05) is 107 Å². The molecular formula is C25H36. The van der Waals surface area contributed by atoms with Gasteiger partial charge < -0.3 is 0 Å². The van der Waals surface area contributed by atoms with Crippen molar-refractivity contribution in [3.63, 3.8) is 0 Å².